The van der Waals surface area contributed by atoms with Crippen molar-refractivity contribution in [1.29, 1.82) is 0 Å². The van der Waals surface area contributed by atoms with Gasteiger partial charge in [-0.1, -0.05) is 82.3 Å². The quantitative estimate of drug-likeness (QED) is 0.306. The summed E-state index contributed by atoms with van der Waals surface area (Å²) in [6.45, 7) is 1.16. The van der Waals surface area contributed by atoms with E-state index < -0.39 is 0 Å². The van der Waals surface area contributed by atoms with Crippen LogP contribution in [0.5, 0.6) is 0 Å². The lowest BCUT2D eigenvalue weighted by Crippen LogP contribution is -2.34. The summed E-state index contributed by atoms with van der Waals surface area (Å²) in [6.07, 6.45) is 8.50. The van der Waals surface area contributed by atoms with Gasteiger partial charge in [0.15, 0.2) is 12.7 Å². The van der Waals surface area contributed by atoms with Crippen molar-refractivity contribution in [2.24, 2.45) is 0 Å². The van der Waals surface area contributed by atoms with E-state index in [4.69, 9.17) is 0 Å². The maximum atomic E-state index is 11.4. The number of allylic oxidation sites excluding steroid dienone is 2. The highest BCUT2D eigenvalue weighted by Gasteiger charge is 2.23. The molecular weight excluding hydrogens is 492 g/mol. The number of aromatic nitrogens is 1. The molecule has 0 saturated carbocycles. The lowest BCUT2D eigenvalue weighted by atomic mass is 10.1. The van der Waals surface area contributed by atoms with Gasteiger partial charge in [-0.25, -0.2) is 0 Å². The fourth-order valence-electron chi connectivity index (χ4n) is 4.13. The number of halogens is 1. The molecule has 3 aromatic carbocycles. The first kappa shape index (κ1) is 22.0. The average molecular weight is 515 g/mol. The number of hydrogen-bond donors (Lipinski definition) is 0. The predicted octanol–water partition coefficient (Wildman–Crippen LogP) is 5.77. The van der Waals surface area contributed by atoms with E-state index in [-0.39, 0.29) is 6.61 Å². The van der Waals surface area contributed by atoms with Crippen molar-refractivity contribution in [3.05, 3.63) is 118 Å². The third-order valence-corrected chi connectivity index (χ3v) is 7.30. The summed E-state index contributed by atoms with van der Waals surface area (Å²) >= 11 is 5.25. The molecule has 1 aliphatic heterocycles. The van der Waals surface area contributed by atoms with Crippen molar-refractivity contribution in [3.63, 3.8) is 0 Å². The number of benzene rings is 3. The monoisotopic (exact) mass is 514 g/mol. The van der Waals surface area contributed by atoms with Crippen LogP contribution in [0.1, 0.15) is 11.1 Å². The predicted molar refractivity (Wildman–Crippen MR) is 139 cm³/mol. The zero-order chi connectivity index (χ0) is 22.6. The fourth-order valence-corrected chi connectivity index (χ4v) is 5.56. The van der Waals surface area contributed by atoms with Crippen molar-refractivity contribution in [1.82, 2.24) is 0 Å². The molecule has 0 aliphatic carbocycles. The highest BCUT2D eigenvalue weighted by molar-refractivity contribution is 9.10. The maximum Gasteiger partial charge on any atom is 0.213 e. The van der Waals surface area contributed by atoms with Crippen LogP contribution in [0.4, 0.5) is 5.69 Å². The highest BCUT2D eigenvalue weighted by atomic mass is 79.9. The van der Waals surface area contributed by atoms with Gasteiger partial charge < -0.3 is 10.0 Å². The number of para-hydroxylation sites is 1. The minimum absolute atomic E-state index is 0.141. The van der Waals surface area contributed by atoms with Gasteiger partial charge in [-0.05, 0) is 35.9 Å². The average Bonchev–Trinajstić information content (AvgIpc) is 3.18. The summed E-state index contributed by atoms with van der Waals surface area (Å²) < 4.78 is 3.31. The van der Waals surface area contributed by atoms with Gasteiger partial charge in [0.2, 0.25) is 5.52 Å². The van der Waals surface area contributed by atoms with E-state index in [9.17, 15) is 5.11 Å². The molecule has 0 atom stereocenters. The van der Waals surface area contributed by atoms with Crippen molar-refractivity contribution in [2.75, 3.05) is 18.1 Å². The number of fused-ring (bicyclic) bond motifs is 2. The smallest absolute Gasteiger partial charge is 0.213 e. The van der Waals surface area contributed by atoms with E-state index in [0.717, 1.165) is 21.7 Å². The zero-order valence-electron chi connectivity index (χ0n) is 18.0. The molecule has 5 heteroatoms. The second-order valence-corrected chi connectivity index (χ2v) is 9.81. The first-order chi connectivity index (χ1) is 16.2. The Bertz CT molecular complexity index is 1350. The Kier molecular flexibility index (Phi) is 6.63. The molecule has 164 valence electrons. The Morgan fingerprint density at radius 3 is 2.64 bits per heavy atom. The van der Waals surface area contributed by atoms with Crippen molar-refractivity contribution < 1.29 is 9.67 Å². The fraction of sp³-hybridized carbons (Fsp3) is 0.107. The summed E-state index contributed by atoms with van der Waals surface area (Å²) in [4.78, 5) is 3.29. The number of pyridine rings is 1. The zero-order valence-corrected chi connectivity index (χ0v) is 20.4. The number of anilines is 1. The van der Waals surface area contributed by atoms with E-state index in [1.165, 1.54) is 26.9 Å². The molecule has 0 radical (unpaired) electrons. The molecule has 1 aliphatic rings. The lowest BCUT2D eigenvalue weighted by molar-refractivity contribution is -0.662. The topological polar surface area (TPSA) is 30.2 Å². The van der Waals surface area contributed by atoms with Gasteiger partial charge in [0, 0.05) is 33.6 Å². The molecular formula is C28H23BrN2OS. The highest BCUT2D eigenvalue weighted by Crippen LogP contribution is 2.46. The first-order valence-corrected chi connectivity index (χ1v) is 12.5. The van der Waals surface area contributed by atoms with Gasteiger partial charge in [-0.15, -0.1) is 6.61 Å². The van der Waals surface area contributed by atoms with Crippen LogP contribution in [-0.4, -0.2) is 13.2 Å². The minimum atomic E-state index is -0.141. The Morgan fingerprint density at radius 1 is 0.970 bits per heavy atom. The van der Waals surface area contributed by atoms with Crippen LogP contribution < -0.4 is 14.6 Å². The SMILES string of the molecule is [O-]CCN1C(=CC=Cc2cc[n+](Cc3ccccc3)c3ccccc23)Sc2ccc(Br)cc21. The molecule has 0 amide bonds. The second-order valence-electron chi connectivity index (χ2n) is 7.84. The molecule has 0 fully saturated rings. The Morgan fingerprint density at radius 2 is 1.79 bits per heavy atom. The van der Waals surface area contributed by atoms with E-state index in [1.807, 2.05) is 12.1 Å². The number of nitrogens with zero attached hydrogens (tertiary/aromatic N) is 2. The van der Waals surface area contributed by atoms with Crippen LogP contribution in [0.15, 0.2) is 112 Å². The van der Waals surface area contributed by atoms with E-state index in [2.05, 4.69) is 117 Å². The molecule has 0 saturated heterocycles. The number of hydrogen-bond acceptors (Lipinski definition) is 3. The summed E-state index contributed by atoms with van der Waals surface area (Å²) in [5.41, 5.74) is 4.75. The first-order valence-electron chi connectivity index (χ1n) is 10.9. The molecule has 0 unspecified atom stereocenters. The summed E-state index contributed by atoms with van der Waals surface area (Å²) in [5, 5.41) is 13.7. The van der Waals surface area contributed by atoms with E-state index >= 15 is 0 Å². The van der Waals surface area contributed by atoms with Gasteiger partial charge in [0.1, 0.15) is 0 Å². The lowest BCUT2D eigenvalue weighted by Gasteiger charge is -2.22. The van der Waals surface area contributed by atoms with Crippen LogP contribution in [0, 0.1) is 0 Å². The van der Waals surface area contributed by atoms with Crippen LogP contribution in [-0.2, 0) is 6.54 Å². The van der Waals surface area contributed by atoms with Gasteiger partial charge >= 0.3 is 0 Å². The second kappa shape index (κ2) is 9.96. The van der Waals surface area contributed by atoms with Crippen LogP contribution >= 0.6 is 27.7 Å². The molecule has 1 aromatic heterocycles. The maximum absolute atomic E-state index is 11.4. The Balaban J connectivity index is 1.44. The minimum Gasteiger partial charge on any atom is -0.853 e. The summed E-state index contributed by atoms with van der Waals surface area (Å²) in [7, 11) is 0. The molecule has 3 nitrogen and oxygen atoms in total. The normalized spacial score (nSPS) is 14.5. The van der Waals surface area contributed by atoms with Crippen molar-refractivity contribution >= 4 is 50.4 Å². The standard InChI is InChI=1S/C28H23BrN2OS/c29-23-13-14-27-26(19-23)31(17-18-32)28(33-27)12-6-9-22-15-16-30(20-21-7-2-1-3-8-21)25-11-5-4-10-24(22)25/h1-16,19H,17-18,20H2. The Labute approximate surface area is 206 Å². The van der Waals surface area contributed by atoms with Gasteiger partial charge in [-0.3, -0.25) is 0 Å². The van der Waals surface area contributed by atoms with Crippen LogP contribution in [0.3, 0.4) is 0 Å². The number of thioether (sulfide) groups is 1. The van der Waals surface area contributed by atoms with Crippen LogP contribution in [0.25, 0.3) is 17.0 Å². The molecule has 33 heavy (non-hydrogen) atoms. The van der Waals surface area contributed by atoms with E-state index in [0.29, 0.717) is 6.54 Å². The third-order valence-electron chi connectivity index (χ3n) is 5.68. The van der Waals surface area contributed by atoms with E-state index in [1.54, 1.807) is 11.8 Å². The van der Waals surface area contributed by atoms with Crippen molar-refractivity contribution in [3.8, 4) is 0 Å². The van der Waals surface area contributed by atoms with Gasteiger partial charge in [-0.2, -0.15) is 4.57 Å². The van der Waals surface area contributed by atoms with Gasteiger partial charge in [0.25, 0.3) is 0 Å². The van der Waals surface area contributed by atoms with Crippen LogP contribution in [0.2, 0.25) is 0 Å². The third kappa shape index (κ3) is 4.76. The molecule has 0 bridgehead atoms. The molecule has 0 N–H and O–H groups in total. The largest absolute Gasteiger partial charge is 0.853 e. The van der Waals surface area contributed by atoms with Crippen molar-refractivity contribution in [2.45, 2.75) is 11.4 Å². The number of rotatable bonds is 6. The molecule has 5 rings (SSSR count). The Hall–Kier alpha value is -2.86. The summed E-state index contributed by atoms with van der Waals surface area (Å²) in [6, 6.07) is 27.4. The van der Waals surface area contributed by atoms with Gasteiger partial charge in [0.05, 0.1) is 16.1 Å². The summed E-state index contributed by atoms with van der Waals surface area (Å²) in [5.74, 6) is 0. The molecule has 4 aromatic rings. The molecule has 0 spiro atoms. The molecule has 2 heterocycles.